The van der Waals surface area contributed by atoms with E-state index in [0.29, 0.717) is 17.5 Å². The molecule has 6 rings (SSSR count). The minimum atomic E-state index is -0.00826. The smallest absolute Gasteiger partial charge is 0.210 e. The molecule has 1 aromatic heterocycles. The first-order chi connectivity index (χ1) is 14.0. The van der Waals surface area contributed by atoms with E-state index in [0.717, 1.165) is 52.2 Å². The van der Waals surface area contributed by atoms with Crippen molar-refractivity contribution >= 4 is 39.7 Å². The van der Waals surface area contributed by atoms with Crippen LogP contribution in [0.3, 0.4) is 0 Å². The topological polar surface area (TPSA) is 54.9 Å². The van der Waals surface area contributed by atoms with Crippen molar-refractivity contribution in [3.05, 3.63) is 29.8 Å². The van der Waals surface area contributed by atoms with Crippen molar-refractivity contribution in [3.8, 4) is 0 Å². The number of thioether (sulfide) groups is 1. The number of rotatable bonds is 7. The highest BCUT2D eigenvalue weighted by Gasteiger charge is 2.54. The Labute approximate surface area is 181 Å². The fourth-order valence-electron chi connectivity index (χ4n) is 6.13. The first-order valence-electron chi connectivity index (χ1n) is 10.9. The lowest BCUT2D eigenvalue weighted by Gasteiger charge is -2.56. The highest BCUT2D eigenvalue weighted by Crippen LogP contribution is 2.60. The first kappa shape index (κ1) is 19.6. The predicted molar refractivity (Wildman–Crippen MR) is 120 cm³/mol. The van der Waals surface area contributed by atoms with Gasteiger partial charge in [0.2, 0.25) is 5.13 Å². The lowest BCUT2D eigenvalue weighted by atomic mass is 9.48. The number of carbonyl (C=O) groups is 1. The third kappa shape index (κ3) is 3.98. The van der Waals surface area contributed by atoms with Gasteiger partial charge in [-0.1, -0.05) is 49.1 Å². The van der Waals surface area contributed by atoms with Gasteiger partial charge in [0.05, 0.1) is 5.75 Å². The zero-order valence-corrected chi connectivity index (χ0v) is 18.8. The van der Waals surface area contributed by atoms with Crippen LogP contribution in [0.2, 0.25) is 0 Å². The number of aromatic nitrogens is 2. The van der Waals surface area contributed by atoms with Crippen molar-refractivity contribution in [2.45, 2.75) is 62.6 Å². The van der Waals surface area contributed by atoms with Crippen LogP contribution in [0, 0.1) is 23.2 Å². The summed E-state index contributed by atoms with van der Waals surface area (Å²) in [6, 6.07) is 8.46. The Bertz CT molecular complexity index is 854. The molecule has 0 unspecified atom stereocenters. The molecule has 4 aliphatic carbocycles. The monoisotopic (exact) mass is 427 g/mol. The van der Waals surface area contributed by atoms with E-state index in [9.17, 15) is 4.79 Å². The number of benzene rings is 1. The van der Waals surface area contributed by atoms with E-state index in [2.05, 4.69) is 53.6 Å². The van der Waals surface area contributed by atoms with Crippen LogP contribution in [0.4, 0.5) is 10.8 Å². The van der Waals surface area contributed by atoms with Gasteiger partial charge >= 0.3 is 0 Å². The number of hydrogen-bond acceptors (Lipinski definition) is 6. The third-order valence-electron chi connectivity index (χ3n) is 7.19. The minimum absolute atomic E-state index is 0.00826. The van der Waals surface area contributed by atoms with E-state index in [1.807, 2.05) is 0 Å². The van der Waals surface area contributed by atoms with Gasteiger partial charge < -0.3 is 5.32 Å². The van der Waals surface area contributed by atoms with E-state index in [-0.39, 0.29) is 5.41 Å². The highest BCUT2D eigenvalue weighted by atomic mass is 32.2. The Hall–Kier alpha value is -1.40. The number of Topliss-reactive ketones (excluding diaryl/α,β-unsaturated/α-hetero) is 1. The molecule has 0 aliphatic heterocycles. The Morgan fingerprint density at radius 2 is 1.72 bits per heavy atom. The Kier molecular flexibility index (Phi) is 5.19. The van der Waals surface area contributed by atoms with Crippen LogP contribution in [0.15, 0.2) is 28.6 Å². The number of hydrogen-bond donors (Lipinski definition) is 1. The molecule has 154 valence electrons. The maximum absolute atomic E-state index is 13.2. The maximum Gasteiger partial charge on any atom is 0.210 e. The average molecular weight is 428 g/mol. The lowest BCUT2D eigenvalue weighted by molar-refractivity contribution is -0.141. The molecule has 4 saturated carbocycles. The molecular weight excluding hydrogens is 398 g/mol. The largest absolute Gasteiger partial charge is 0.330 e. The molecule has 0 atom stereocenters. The van der Waals surface area contributed by atoms with Crippen molar-refractivity contribution in [1.82, 2.24) is 10.2 Å². The summed E-state index contributed by atoms with van der Waals surface area (Å²) in [6.07, 6.45) is 7.57. The van der Waals surface area contributed by atoms with Gasteiger partial charge in [-0.05, 0) is 79.9 Å². The summed E-state index contributed by atoms with van der Waals surface area (Å²) >= 11 is 3.11. The van der Waals surface area contributed by atoms with Gasteiger partial charge in [0.25, 0.3) is 0 Å². The summed E-state index contributed by atoms with van der Waals surface area (Å²) < 4.78 is 0.879. The molecule has 1 N–H and O–H groups in total. The quantitative estimate of drug-likeness (QED) is 0.527. The molecule has 1 aromatic carbocycles. The third-order valence-corrected chi connectivity index (χ3v) is 9.16. The molecule has 2 aromatic rings. The van der Waals surface area contributed by atoms with Gasteiger partial charge in [0.1, 0.15) is 5.78 Å². The zero-order chi connectivity index (χ0) is 20.0. The number of nitrogens with one attached hydrogen (secondary N) is 1. The van der Waals surface area contributed by atoms with Crippen molar-refractivity contribution in [1.29, 1.82) is 0 Å². The van der Waals surface area contributed by atoms with Gasteiger partial charge in [-0.25, -0.2) is 0 Å². The van der Waals surface area contributed by atoms with Gasteiger partial charge in [-0.15, -0.1) is 10.2 Å². The van der Waals surface area contributed by atoms with Gasteiger partial charge in [0.15, 0.2) is 4.34 Å². The predicted octanol–water partition coefficient (Wildman–Crippen LogP) is 6.28. The molecule has 0 saturated heterocycles. The van der Waals surface area contributed by atoms with Gasteiger partial charge in [-0.2, -0.15) is 0 Å². The number of nitrogens with zero attached hydrogens (tertiary/aromatic N) is 2. The number of carbonyl (C=O) groups excluding carboxylic acids is 1. The Balaban J connectivity index is 1.18. The molecule has 4 bridgehead atoms. The summed E-state index contributed by atoms with van der Waals surface area (Å²) in [7, 11) is 0. The molecule has 1 heterocycles. The van der Waals surface area contributed by atoms with Crippen molar-refractivity contribution in [3.63, 3.8) is 0 Å². The molecule has 0 spiro atoms. The summed E-state index contributed by atoms with van der Waals surface area (Å²) in [4.78, 5) is 13.2. The van der Waals surface area contributed by atoms with Crippen LogP contribution in [0.5, 0.6) is 0 Å². The van der Waals surface area contributed by atoms with Gasteiger partial charge in [-0.3, -0.25) is 4.79 Å². The number of ketones is 1. The average Bonchev–Trinajstić information content (AvgIpc) is 3.13. The summed E-state index contributed by atoms with van der Waals surface area (Å²) in [5, 5.41) is 12.7. The normalized spacial score (nSPS) is 30.1. The summed E-state index contributed by atoms with van der Waals surface area (Å²) in [5.41, 5.74) is 2.34. The molecular formula is C23H29N3OS2. The molecule has 6 heteroatoms. The molecule has 29 heavy (non-hydrogen) atoms. The van der Waals surface area contributed by atoms with Crippen molar-refractivity contribution in [2.24, 2.45) is 23.2 Å². The zero-order valence-electron chi connectivity index (χ0n) is 17.2. The van der Waals surface area contributed by atoms with E-state index in [1.54, 1.807) is 11.8 Å². The Morgan fingerprint density at radius 1 is 1.10 bits per heavy atom. The molecule has 0 amide bonds. The van der Waals surface area contributed by atoms with Crippen molar-refractivity contribution < 1.29 is 4.79 Å². The molecule has 4 aliphatic rings. The summed E-state index contributed by atoms with van der Waals surface area (Å²) in [6.45, 7) is 4.39. The van der Waals surface area contributed by atoms with E-state index >= 15 is 0 Å². The second-order valence-corrected chi connectivity index (χ2v) is 11.9. The molecule has 0 radical (unpaired) electrons. The van der Waals surface area contributed by atoms with Crippen LogP contribution < -0.4 is 5.32 Å². The fraction of sp³-hybridized carbons (Fsp3) is 0.609. The highest BCUT2D eigenvalue weighted by molar-refractivity contribution is 8.01. The van der Waals surface area contributed by atoms with Crippen LogP contribution in [-0.4, -0.2) is 21.7 Å². The van der Waals surface area contributed by atoms with Gasteiger partial charge in [0, 0.05) is 11.1 Å². The molecule has 4 nitrogen and oxygen atoms in total. The second kappa shape index (κ2) is 7.69. The Morgan fingerprint density at radius 3 is 2.31 bits per heavy atom. The standard InChI is InChI=1S/C23H29N3OS2/c1-14(2)18-3-5-19(6-4-18)24-21-25-26-22(29-21)28-13-20(27)23-10-15-7-16(11-23)9-17(8-15)12-23/h3-6,14-17H,7-13H2,1-2H3,(H,24,25). The van der Waals surface area contributed by atoms with Crippen LogP contribution in [0.1, 0.15) is 63.9 Å². The number of anilines is 2. The van der Waals surface area contributed by atoms with E-state index in [1.165, 1.54) is 36.2 Å². The van der Waals surface area contributed by atoms with Crippen molar-refractivity contribution in [2.75, 3.05) is 11.1 Å². The van der Waals surface area contributed by atoms with Crippen LogP contribution in [-0.2, 0) is 4.79 Å². The second-order valence-electron chi connectivity index (χ2n) is 9.68. The first-order valence-corrected chi connectivity index (χ1v) is 12.7. The maximum atomic E-state index is 13.2. The SMILES string of the molecule is CC(C)c1ccc(Nc2nnc(SCC(=O)C34CC5CC(CC(C5)C3)C4)s2)cc1. The van der Waals surface area contributed by atoms with Crippen LogP contribution in [0.25, 0.3) is 0 Å². The van der Waals surface area contributed by atoms with E-state index in [4.69, 9.17) is 0 Å². The fourth-order valence-corrected chi connectivity index (χ4v) is 7.93. The summed E-state index contributed by atoms with van der Waals surface area (Å²) in [5.74, 6) is 3.98. The van der Waals surface area contributed by atoms with E-state index < -0.39 is 0 Å². The lowest BCUT2D eigenvalue weighted by Crippen LogP contribution is -2.50. The van der Waals surface area contributed by atoms with Crippen LogP contribution >= 0.6 is 23.1 Å². The minimum Gasteiger partial charge on any atom is -0.330 e. The molecule has 4 fully saturated rings.